The van der Waals surface area contributed by atoms with Gasteiger partial charge in [-0.2, -0.15) is 0 Å². The zero-order valence-corrected chi connectivity index (χ0v) is 35.7. The summed E-state index contributed by atoms with van der Waals surface area (Å²) in [6.45, 7) is 17.8. The summed E-state index contributed by atoms with van der Waals surface area (Å²) in [7, 11) is 0. The molecule has 0 fully saturated rings. The number of hydrogen-bond donors (Lipinski definition) is 0. The van der Waals surface area contributed by atoms with Crippen LogP contribution in [-0.4, -0.2) is 0 Å². The molecular weight excluding hydrogens is 771 g/mol. The molecule has 0 amide bonds. The standard InChI is InChI=1S/2C24H23O.2ClH.Zr/c2*1-16-8-15-23(25-16)22-14-13-21-19(6-5-7-20(21)22)17-9-11-18(12-10-17)24(2,3)4;;;/h2*5-13,15,22H,1-4H3;2*1H;/q;;;;+2/p-2. The van der Waals surface area contributed by atoms with Gasteiger partial charge in [-0.05, 0) is 0 Å². The van der Waals surface area contributed by atoms with E-state index >= 15 is 0 Å². The summed E-state index contributed by atoms with van der Waals surface area (Å²) in [6.07, 6.45) is 5.05. The maximum Gasteiger partial charge on any atom is -1.00 e. The Labute approximate surface area is 339 Å². The molecule has 2 unspecified atom stereocenters. The Kier molecular flexibility index (Phi) is 11.0. The Morgan fingerprint density at radius 1 is 0.472 bits per heavy atom. The number of furan rings is 2. The van der Waals surface area contributed by atoms with Gasteiger partial charge in [-0.1, -0.05) is 0 Å². The van der Waals surface area contributed by atoms with Crippen molar-refractivity contribution >= 4 is 12.2 Å². The number of hydrogen-bond acceptors (Lipinski definition) is 2. The number of rotatable bonds is 6. The molecule has 5 heteroatoms. The van der Waals surface area contributed by atoms with Crippen LogP contribution in [0.1, 0.15) is 110 Å². The molecule has 6 aromatic rings. The van der Waals surface area contributed by atoms with E-state index in [-0.39, 0.29) is 47.5 Å². The van der Waals surface area contributed by atoms with E-state index in [2.05, 4.69) is 177 Å². The molecule has 0 aliphatic heterocycles. The van der Waals surface area contributed by atoms with Crippen LogP contribution in [0.5, 0.6) is 0 Å². The number of fused-ring (bicyclic) bond motifs is 2. The van der Waals surface area contributed by atoms with Crippen molar-refractivity contribution in [1.29, 1.82) is 0 Å². The van der Waals surface area contributed by atoms with Crippen LogP contribution in [0.2, 0.25) is 0 Å². The minimum atomic E-state index is -1.37. The topological polar surface area (TPSA) is 26.3 Å². The first-order valence-electron chi connectivity index (χ1n) is 18.2. The first kappa shape index (κ1) is 39.1. The van der Waals surface area contributed by atoms with E-state index < -0.39 is 23.2 Å². The second kappa shape index (κ2) is 14.9. The summed E-state index contributed by atoms with van der Waals surface area (Å²) in [5, 5.41) is 0. The Morgan fingerprint density at radius 2 is 0.849 bits per heavy atom. The summed E-state index contributed by atoms with van der Waals surface area (Å²) in [4.78, 5) is 0. The average Bonchev–Trinajstić information content (AvgIpc) is 3.88. The number of aryl methyl sites for hydroxylation is 2. The van der Waals surface area contributed by atoms with Gasteiger partial charge in [-0.25, -0.2) is 0 Å². The molecule has 0 saturated carbocycles. The van der Waals surface area contributed by atoms with E-state index in [9.17, 15) is 0 Å². The molecule has 53 heavy (non-hydrogen) atoms. The fourth-order valence-corrected chi connectivity index (χ4v) is 11.9. The van der Waals surface area contributed by atoms with Gasteiger partial charge in [-0.3, -0.25) is 0 Å². The molecule has 2 aliphatic carbocycles. The molecule has 2 atom stereocenters. The van der Waals surface area contributed by atoms with E-state index in [0.717, 1.165) is 23.0 Å². The van der Waals surface area contributed by atoms with E-state index in [4.69, 9.17) is 8.83 Å². The van der Waals surface area contributed by atoms with Crippen molar-refractivity contribution in [3.63, 3.8) is 0 Å². The van der Waals surface area contributed by atoms with E-state index in [0.29, 0.717) is 0 Å². The zero-order chi connectivity index (χ0) is 35.7. The van der Waals surface area contributed by atoms with Gasteiger partial charge < -0.3 is 24.8 Å². The van der Waals surface area contributed by atoms with Gasteiger partial charge in [0.15, 0.2) is 0 Å². The fraction of sp³-hybridized carbons (Fsp3) is 0.250. The third-order valence-electron chi connectivity index (χ3n) is 10.6. The summed E-state index contributed by atoms with van der Waals surface area (Å²) < 4.78 is 15.9. The van der Waals surface area contributed by atoms with Gasteiger partial charge in [-0.15, -0.1) is 0 Å². The second-order valence-electron chi connectivity index (χ2n) is 16.4. The monoisotopic (exact) mass is 814 g/mol. The SMILES string of the molecule is Cc1ccc(C2[C]([Zr+2][C]3=Cc4c(-c5ccc(C(C)(C)C)cc5)cccc4C3c3ccc(C)o3)=Cc3c(-c4ccc(C(C)(C)C)cc4)cccc32)o1.[Cl-].[Cl-]. The van der Waals surface area contributed by atoms with Gasteiger partial charge in [0.2, 0.25) is 0 Å². The van der Waals surface area contributed by atoms with E-state index in [1.807, 2.05) is 0 Å². The van der Waals surface area contributed by atoms with Gasteiger partial charge in [0.25, 0.3) is 0 Å². The molecular formula is C48H46Cl2O2Zr. The normalized spacial score (nSPS) is 16.2. The van der Waals surface area contributed by atoms with Gasteiger partial charge >= 0.3 is 317 Å². The second-order valence-corrected chi connectivity index (χ2v) is 19.8. The average molecular weight is 817 g/mol. The van der Waals surface area contributed by atoms with Crippen molar-refractivity contribution in [3.8, 4) is 22.3 Å². The molecule has 0 radical (unpaired) electrons. The molecule has 0 N–H and O–H groups in total. The van der Waals surface area contributed by atoms with Crippen LogP contribution in [0.3, 0.4) is 0 Å². The maximum atomic E-state index is 6.45. The number of benzene rings is 4. The van der Waals surface area contributed by atoms with Gasteiger partial charge in [0, 0.05) is 0 Å². The Balaban J connectivity index is 0.00000240. The molecule has 0 saturated heterocycles. The number of allylic oxidation sites excluding steroid dienone is 2. The third-order valence-corrected chi connectivity index (χ3v) is 14.2. The van der Waals surface area contributed by atoms with Gasteiger partial charge in [0.1, 0.15) is 0 Å². The molecule has 2 nitrogen and oxygen atoms in total. The molecule has 0 spiro atoms. The van der Waals surface area contributed by atoms with Crippen molar-refractivity contribution in [2.24, 2.45) is 0 Å². The summed E-state index contributed by atoms with van der Waals surface area (Å²) >= 11 is -1.37. The first-order chi connectivity index (χ1) is 24.3. The van der Waals surface area contributed by atoms with E-state index in [1.165, 1.54) is 62.2 Å². The molecule has 4 aromatic carbocycles. The molecule has 2 aromatic heterocycles. The zero-order valence-electron chi connectivity index (χ0n) is 31.8. The number of halogens is 2. The molecule has 2 aliphatic rings. The van der Waals surface area contributed by atoms with Crippen LogP contribution in [0.25, 0.3) is 34.4 Å². The molecule has 0 bridgehead atoms. The van der Waals surface area contributed by atoms with Gasteiger partial charge in [0.05, 0.1) is 0 Å². The fourth-order valence-electron chi connectivity index (χ4n) is 7.82. The molecule has 2 heterocycles. The van der Waals surface area contributed by atoms with Crippen LogP contribution in [0, 0.1) is 13.8 Å². The predicted molar refractivity (Wildman–Crippen MR) is 208 cm³/mol. The Bertz CT molecular complexity index is 2160. The van der Waals surface area contributed by atoms with Crippen molar-refractivity contribution in [2.45, 2.75) is 78.1 Å². The van der Waals surface area contributed by atoms with Crippen LogP contribution in [0.4, 0.5) is 0 Å². The maximum absolute atomic E-state index is 6.45. The van der Waals surface area contributed by atoms with Crippen molar-refractivity contribution in [1.82, 2.24) is 0 Å². The Morgan fingerprint density at radius 3 is 1.17 bits per heavy atom. The van der Waals surface area contributed by atoms with Crippen molar-refractivity contribution in [2.75, 3.05) is 0 Å². The van der Waals surface area contributed by atoms with E-state index in [1.54, 1.807) is 0 Å². The largest absolute Gasteiger partial charge is 1.00 e. The van der Waals surface area contributed by atoms with Crippen LogP contribution in [0.15, 0.2) is 125 Å². The smallest absolute Gasteiger partial charge is 1.00 e. The molecule has 268 valence electrons. The summed E-state index contributed by atoms with van der Waals surface area (Å²) in [6, 6.07) is 40.7. The summed E-state index contributed by atoms with van der Waals surface area (Å²) in [5.41, 5.74) is 13.4. The predicted octanol–water partition coefficient (Wildman–Crippen LogP) is 7.18. The Hall–Kier alpha value is -3.62. The first-order valence-corrected chi connectivity index (χ1v) is 20.6. The van der Waals surface area contributed by atoms with Crippen molar-refractivity contribution in [3.05, 3.63) is 172 Å². The van der Waals surface area contributed by atoms with Crippen LogP contribution < -0.4 is 24.8 Å². The summed E-state index contributed by atoms with van der Waals surface area (Å²) in [5.74, 6) is 4.22. The molecule has 8 rings (SSSR count). The third kappa shape index (κ3) is 7.43. The minimum Gasteiger partial charge on any atom is -1.00 e. The minimum absolute atomic E-state index is 0. The van der Waals surface area contributed by atoms with Crippen molar-refractivity contribution < 1.29 is 56.9 Å². The van der Waals surface area contributed by atoms with Crippen LogP contribution in [-0.2, 0) is 34.1 Å². The quantitative estimate of drug-likeness (QED) is 0.178. The van der Waals surface area contributed by atoms with Crippen LogP contribution >= 0.6 is 0 Å².